The molecule has 0 aromatic carbocycles. The lowest BCUT2D eigenvalue weighted by molar-refractivity contribution is -0.139. The average Bonchev–Trinajstić information content (AvgIpc) is 2.47. The average molecular weight is 327 g/mol. The highest BCUT2D eigenvalue weighted by molar-refractivity contribution is 6.29. The number of nitrogens with zero attached hydrogens (tertiary/aromatic N) is 4. The fourth-order valence-corrected chi connectivity index (χ4v) is 2.12. The fraction of sp³-hybridized carbons (Fsp3) is 0.214. The Morgan fingerprint density at radius 2 is 2.09 bits per heavy atom. The Hall–Kier alpha value is -2.33. The molecule has 1 unspecified atom stereocenters. The maximum Gasteiger partial charge on any atom is 0.419 e. The first-order chi connectivity index (χ1) is 10.3. The maximum absolute atomic E-state index is 13.1. The summed E-state index contributed by atoms with van der Waals surface area (Å²) in [5.74, 6) is 0. The summed E-state index contributed by atoms with van der Waals surface area (Å²) in [5.41, 5.74) is -0.770. The van der Waals surface area contributed by atoms with Gasteiger partial charge in [-0.3, -0.25) is 0 Å². The smallest absolute Gasteiger partial charge is 0.325 e. The SMILES string of the molecule is CC(c1ccc(Cl)nc1)n1cccc(C(F)(F)F)/c1=N\C#N. The van der Waals surface area contributed by atoms with Gasteiger partial charge in [-0.25, -0.2) is 4.98 Å². The molecule has 0 saturated carbocycles. The molecule has 2 rings (SSSR count). The molecule has 8 heteroatoms. The van der Waals surface area contributed by atoms with Gasteiger partial charge in [0.05, 0.1) is 11.6 Å². The van der Waals surface area contributed by atoms with E-state index in [2.05, 4.69) is 9.98 Å². The monoisotopic (exact) mass is 326 g/mol. The van der Waals surface area contributed by atoms with Crippen molar-refractivity contribution in [3.05, 3.63) is 58.4 Å². The summed E-state index contributed by atoms with van der Waals surface area (Å²) in [6.07, 6.45) is -0.277. The van der Waals surface area contributed by atoms with Crippen LogP contribution in [0.2, 0.25) is 5.15 Å². The Morgan fingerprint density at radius 1 is 1.36 bits per heavy atom. The summed E-state index contributed by atoms with van der Waals surface area (Å²) in [6, 6.07) is 4.85. The second kappa shape index (κ2) is 6.20. The Morgan fingerprint density at radius 3 is 2.64 bits per heavy atom. The quantitative estimate of drug-likeness (QED) is 0.626. The standard InChI is InChI=1S/C14H10ClF3N4/c1-9(10-4-5-12(15)20-7-10)22-6-2-3-11(14(16,17)18)13(22)21-8-19/h2-7,9H,1H3/b21-13+. The van der Waals surface area contributed by atoms with Crippen molar-refractivity contribution in [1.82, 2.24) is 9.55 Å². The van der Waals surface area contributed by atoms with Crippen LogP contribution in [-0.4, -0.2) is 9.55 Å². The lowest BCUT2D eigenvalue weighted by Gasteiger charge is -2.18. The third-order valence-electron chi connectivity index (χ3n) is 3.11. The predicted molar refractivity (Wildman–Crippen MR) is 73.7 cm³/mol. The molecule has 2 aromatic heterocycles. The van der Waals surface area contributed by atoms with Gasteiger partial charge in [0, 0.05) is 12.4 Å². The first-order valence-electron chi connectivity index (χ1n) is 6.17. The first-order valence-corrected chi connectivity index (χ1v) is 6.55. The minimum Gasteiger partial charge on any atom is -0.325 e. The largest absolute Gasteiger partial charge is 0.419 e. The first kappa shape index (κ1) is 16.0. The maximum atomic E-state index is 13.1. The van der Waals surface area contributed by atoms with Gasteiger partial charge in [0.25, 0.3) is 0 Å². The third-order valence-corrected chi connectivity index (χ3v) is 3.33. The molecule has 0 aliphatic heterocycles. The molecule has 2 heterocycles. The van der Waals surface area contributed by atoms with Gasteiger partial charge >= 0.3 is 6.18 Å². The number of aromatic nitrogens is 2. The molecule has 0 radical (unpaired) electrons. The van der Waals surface area contributed by atoms with Crippen LogP contribution >= 0.6 is 11.6 Å². The van der Waals surface area contributed by atoms with Gasteiger partial charge in [-0.1, -0.05) is 17.7 Å². The molecule has 0 aliphatic carbocycles. The van der Waals surface area contributed by atoms with Crippen LogP contribution in [0.1, 0.15) is 24.1 Å². The minimum absolute atomic E-state index is 0.284. The zero-order valence-corrected chi connectivity index (χ0v) is 12.1. The second-order valence-electron chi connectivity index (χ2n) is 4.45. The molecular formula is C14H10ClF3N4. The molecule has 0 N–H and O–H groups in total. The molecule has 0 spiro atoms. The van der Waals surface area contributed by atoms with Crippen molar-refractivity contribution in [2.24, 2.45) is 4.99 Å². The lowest BCUT2D eigenvalue weighted by atomic mass is 10.1. The number of nitriles is 1. The molecule has 114 valence electrons. The van der Waals surface area contributed by atoms with E-state index >= 15 is 0 Å². The topological polar surface area (TPSA) is 54.0 Å². The van der Waals surface area contributed by atoms with Crippen LogP contribution in [0.3, 0.4) is 0 Å². The van der Waals surface area contributed by atoms with Crippen molar-refractivity contribution < 1.29 is 13.2 Å². The number of hydrogen-bond donors (Lipinski definition) is 0. The van der Waals surface area contributed by atoms with Crippen molar-refractivity contribution in [3.8, 4) is 6.19 Å². The van der Waals surface area contributed by atoms with E-state index in [4.69, 9.17) is 16.9 Å². The summed E-state index contributed by atoms with van der Waals surface area (Å²) in [4.78, 5) is 7.25. The Kier molecular flexibility index (Phi) is 4.52. The lowest BCUT2D eigenvalue weighted by Crippen LogP contribution is -2.31. The van der Waals surface area contributed by atoms with Crippen LogP contribution in [-0.2, 0) is 6.18 Å². The van der Waals surface area contributed by atoms with Crippen molar-refractivity contribution in [3.63, 3.8) is 0 Å². The summed E-state index contributed by atoms with van der Waals surface area (Å²) in [5, 5.41) is 8.98. The molecule has 4 nitrogen and oxygen atoms in total. The van der Waals surface area contributed by atoms with E-state index in [-0.39, 0.29) is 5.15 Å². The molecule has 0 bridgehead atoms. The van der Waals surface area contributed by atoms with E-state index in [1.54, 1.807) is 19.1 Å². The van der Waals surface area contributed by atoms with E-state index in [1.807, 2.05) is 0 Å². The van der Waals surface area contributed by atoms with E-state index in [9.17, 15) is 13.2 Å². The van der Waals surface area contributed by atoms with Gasteiger partial charge in [-0.05, 0) is 30.7 Å². The summed E-state index contributed by atoms with van der Waals surface area (Å²) in [7, 11) is 0. The number of pyridine rings is 2. The molecule has 0 aliphatic rings. The molecule has 22 heavy (non-hydrogen) atoms. The second-order valence-corrected chi connectivity index (χ2v) is 4.84. The van der Waals surface area contributed by atoms with E-state index < -0.39 is 23.3 Å². The van der Waals surface area contributed by atoms with Crippen molar-refractivity contribution in [2.75, 3.05) is 0 Å². The van der Waals surface area contributed by atoms with E-state index in [0.717, 1.165) is 6.07 Å². The molecule has 1 atom stereocenters. The Labute approximate surface area is 129 Å². The third kappa shape index (κ3) is 3.28. The predicted octanol–water partition coefficient (Wildman–Crippen LogP) is 3.55. The van der Waals surface area contributed by atoms with E-state index in [0.29, 0.717) is 5.56 Å². The number of alkyl halides is 3. The minimum atomic E-state index is -4.60. The molecule has 0 saturated heterocycles. The zero-order chi connectivity index (χ0) is 16.3. The molecule has 0 fully saturated rings. The van der Waals surface area contributed by atoms with Gasteiger partial charge in [0.2, 0.25) is 6.19 Å². The van der Waals surface area contributed by atoms with Crippen LogP contribution in [0.4, 0.5) is 13.2 Å². The van der Waals surface area contributed by atoms with Crippen molar-refractivity contribution in [1.29, 1.82) is 5.26 Å². The fourth-order valence-electron chi connectivity index (χ4n) is 2.01. The van der Waals surface area contributed by atoms with Gasteiger partial charge in [-0.15, -0.1) is 0 Å². The van der Waals surface area contributed by atoms with Crippen LogP contribution in [0.5, 0.6) is 0 Å². The highest BCUT2D eigenvalue weighted by Crippen LogP contribution is 2.27. The van der Waals surface area contributed by atoms with Gasteiger partial charge in [-0.2, -0.15) is 23.4 Å². The van der Waals surface area contributed by atoms with Crippen LogP contribution < -0.4 is 5.49 Å². The van der Waals surface area contributed by atoms with Crippen LogP contribution in [0.25, 0.3) is 0 Å². The van der Waals surface area contributed by atoms with Crippen molar-refractivity contribution >= 4 is 11.6 Å². The van der Waals surface area contributed by atoms with Crippen molar-refractivity contribution in [2.45, 2.75) is 19.1 Å². The normalized spacial score (nSPS) is 13.7. The van der Waals surface area contributed by atoms with Gasteiger partial charge in [0.15, 0.2) is 5.49 Å². The highest BCUT2D eigenvalue weighted by atomic mass is 35.5. The molecular weight excluding hydrogens is 317 g/mol. The molecule has 2 aromatic rings. The summed E-state index contributed by atoms with van der Waals surface area (Å²) >= 11 is 5.70. The number of halogens is 4. The summed E-state index contributed by atoms with van der Waals surface area (Å²) in [6.45, 7) is 1.68. The van der Waals surface area contributed by atoms with Gasteiger partial charge < -0.3 is 4.57 Å². The highest BCUT2D eigenvalue weighted by Gasteiger charge is 2.33. The number of hydrogen-bond acceptors (Lipinski definition) is 3. The van der Waals surface area contributed by atoms with Crippen LogP contribution in [0.15, 0.2) is 41.7 Å². The molecule has 0 amide bonds. The Balaban J connectivity index is 2.63. The van der Waals surface area contributed by atoms with Crippen LogP contribution in [0, 0.1) is 11.5 Å². The van der Waals surface area contributed by atoms with E-state index in [1.165, 1.54) is 29.2 Å². The number of rotatable bonds is 2. The summed E-state index contributed by atoms with van der Waals surface area (Å²) < 4.78 is 40.4. The zero-order valence-electron chi connectivity index (χ0n) is 11.3. The Bertz CT molecular complexity index is 772. The van der Waals surface area contributed by atoms with Gasteiger partial charge in [0.1, 0.15) is 5.15 Å².